The molecule has 0 unspecified atom stereocenters. The summed E-state index contributed by atoms with van der Waals surface area (Å²) < 4.78 is 5.21. The molecule has 2 heterocycles. The minimum Gasteiger partial charge on any atom is -0.453 e. The number of ketones is 1. The van der Waals surface area contributed by atoms with Crippen molar-refractivity contribution in [1.29, 1.82) is 0 Å². The lowest BCUT2D eigenvalue weighted by atomic mass is 9.99. The Hall–Kier alpha value is -1.46. The maximum absolute atomic E-state index is 12.1. The zero-order chi connectivity index (χ0) is 15.7. The molecule has 22 heavy (non-hydrogen) atoms. The summed E-state index contributed by atoms with van der Waals surface area (Å²) in [4.78, 5) is 28.3. The number of carbonyl (C=O) groups excluding carboxylic acids is 2. The second-order valence-electron chi connectivity index (χ2n) is 5.59. The lowest BCUT2D eigenvalue weighted by Gasteiger charge is -2.08. The molecular formula is C17H18O3S2. The summed E-state index contributed by atoms with van der Waals surface area (Å²) in [7, 11) is 0. The molecule has 116 valence electrons. The van der Waals surface area contributed by atoms with Gasteiger partial charge >= 0.3 is 5.97 Å². The maximum Gasteiger partial charge on any atom is 0.348 e. The standard InChI is InChI=1S/C17H18O3S2/c1-10-7-13(11(2)21-10)14(18)9-20-17(19)16-8-12-5-3-4-6-15(12)22-16/h7-8H,3-6,9H2,1-2H3. The SMILES string of the molecule is Cc1cc(C(=O)COC(=O)c2cc3c(s2)CCCC3)c(C)s1. The van der Waals surface area contributed by atoms with E-state index in [9.17, 15) is 9.59 Å². The highest BCUT2D eigenvalue weighted by molar-refractivity contribution is 7.14. The Bertz CT molecular complexity index is 701. The van der Waals surface area contributed by atoms with Crippen LogP contribution in [0, 0.1) is 13.8 Å². The van der Waals surface area contributed by atoms with Gasteiger partial charge in [-0.25, -0.2) is 4.79 Å². The van der Waals surface area contributed by atoms with Gasteiger partial charge in [0.25, 0.3) is 0 Å². The summed E-state index contributed by atoms with van der Waals surface area (Å²) >= 11 is 3.10. The van der Waals surface area contributed by atoms with Crippen LogP contribution < -0.4 is 0 Å². The van der Waals surface area contributed by atoms with E-state index >= 15 is 0 Å². The van der Waals surface area contributed by atoms with E-state index in [2.05, 4.69) is 0 Å². The third kappa shape index (κ3) is 3.15. The van der Waals surface area contributed by atoms with Crippen LogP contribution in [0.4, 0.5) is 0 Å². The highest BCUT2D eigenvalue weighted by Crippen LogP contribution is 2.30. The number of carbonyl (C=O) groups is 2. The molecular weight excluding hydrogens is 316 g/mol. The predicted molar refractivity (Wildman–Crippen MR) is 89.4 cm³/mol. The van der Waals surface area contributed by atoms with Gasteiger partial charge in [0, 0.05) is 20.2 Å². The van der Waals surface area contributed by atoms with Gasteiger partial charge < -0.3 is 4.74 Å². The van der Waals surface area contributed by atoms with Crippen LogP contribution in [0.1, 0.15) is 53.1 Å². The molecule has 0 fully saturated rings. The Balaban J connectivity index is 1.63. The fourth-order valence-corrected chi connectivity index (χ4v) is 4.87. The molecule has 0 atom stereocenters. The van der Waals surface area contributed by atoms with Crippen molar-refractivity contribution in [3.05, 3.63) is 42.8 Å². The molecule has 1 aliphatic rings. The maximum atomic E-state index is 12.1. The van der Waals surface area contributed by atoms with E-state index in [0.717, 1.165) is 22.6 Å². The third-order valence-corrected chi connectivity index (χ3v) is 6.06. The quantitative estimate of drug-likeness (QED) is 0.617. The summed E-state index contributed by atoms with van der Waals surface area (Å²) in [5, 5.41) is 0. The van der Waals surface area contributed by atoms with Crippen LogP contribution in [0.25, 0.3) is 0 Å². The second-order valence-corrected chi connectivity index (χ2v) is 8.19. The molecule has 2 aromatic rings. The van der Waals surface area contributed by atoms with Crippen molar-refractivity contribution >= 4 is 34.4 Å². The van der Waals surface area contributed by atoms with Crippen molar-refractivity contribution in [3.8, 4) is 0 Å². The molecule has 3 rings (SSSR count). The smallest absolute Gasteiger partial charge is 0.348 e. The van der Waals surface area contributed by atoms with E-state index < -0.39 is 0 Å². The highest BCUT2D eigenvalue weighted by Gasteiger charge is 2.20. The average Bonchev–Trinajstić information content (AvgIpc) is 3.07. The van der Waals surface area contributed by atoms with E-state index in [4.69, 9.17) is 4.74 Å². The van der Waals surface area contributed by atoms with E-state index in [-0.39, 0.29) is 18.4 Å². The van der Waals surface area contributed by atoms with Gasteiger partial charge in [0.15, 0.2) is 6.61 Å². The van der Waals surface area contributed by atoms with Gasteiger partial charge in [-0.3, -0.25) is 4.79 Å². The molecule has 0 aliphatic heterocycles. The van der Waals surface area contributed by atoms with Gasteiger partial charge in [0.05, 0.1) is 0 Å². The van der Waals surface area contributed by atoms with Gasteiger partial charge in [-0.05, 0) is 57.2 Å². The number of esters is 1. The molecule has 1 aliphatic carbocycles. The summed E-state index contributed by atoms with van der Waals surface area (Å²) in [6.07, 6.45) is 4.48. The molecule has 0 N–H and O–H groups in total. The van der Waals surface area contributed by atoms with Gasteiger partial charge in [0.2, 0.25) is 5.78 Å². The van der Waals surface area contributed by atoms with E-state index in [1.807, 2.05) is 26.0 Å². The first-order chi connectivity index (χ1) is 10.5. The van der Waals surface area contributed by atoms with Crippen molar-refractivity contribution in [2.24, 2.45) is 0 Å². The lowest BCUT2D eigenvalue weighted by Crippen LogP contribution is -2.13. The van der Waals surface area contributed by atoms with Gasteiger partial charge in [-0.1, -0.05) is 0 Å². The van der Waals surface area contributed by atoms with Crippen LogP contribution in [0.5, 0.6) is 0 Å². The number of thiophene rings is 2. The first-order valence-electron chi connectivity index (χ1n) is 7.43. The molecule has 0 saturated carbocycles. The fourth-order valence-electron chi connectivity index (χ4n) is 2.78. The number of Topliss-reactive ketones (excluding diaryl/α,β-unsaturated/α-hetero) is 1. The van der Waals surface area contributed by atoms with Crippen LogP contribution in [-0.2, 0) is 17.6 Å². The Morgan fingerprint density at radius 3 is 2.59 bits per heavy atom. The van der Waals surface area contributed by atoms with Crippen molar-refractivity contribution < 1.29 is 14.3 Å². The van der Waals surface area contributed by atoms with E-state index in [1.54, 1.807) is 11.3 Å². The van der Waals surface area contributed by atoms with Gasteiger partial charge in [-0.15, -0.1) is 22.7 Å². The molecule has 3 nitrogen and oxygen atoms in total. The van der Waals surface area contributed by atoms with E-state index in [1.165, 1.54) is 34.6 Å². The Morgan fingerprint density at radius 2 is 1.91 bits per heavy atom. The van der Waals surface area contributed by atoms with Gasteiger partial charge in [-0.2, -0.15) is 0 Å². The Morgan fingerprint density at radius 1 is 1.14 bits per heavy atom. The van der Waals surface area contributed by atoms with Crippen molar-refractivity contribution in [1.82, 2.24) is 0 Å². The van der Waals surface area contributed by atoms with Crippen LogP contribution >= 0.6 is 22.7 Å². The molecule has 0 aromatic carbocycles. The summed E-state index contributed by atoms with van der Waals surface area (Å²) in [6, 6.07) is 3.80. The Labute approximate surface area is 137 Å². The van der Waals surface area contributed by atoms with Crippen LogP contribution in [-0.4, -0.2) is 18.4 Å². The summed E-state index contributed by atoms with van der Waals surface area (Å²) in [5.41, 5.74) is 1.94. The second kappa shape index (κ2) is 6.34. The minimum atomic E-state index is -0.377. The molecule has 0 radical (unpaired) electrons. The number of hydrogen-bond acceptors (Lipinski definition) is 5. The summed E-state index contributed by atoms with van der Waals surface area (Å²) in [5.74, 6) is -0.506. The third-order valence-electron chi connectivity index (χ3n) is 3.87. The van der Waals surface area contributed by atoms with Gasteiger partial charge in [0.1, 0.15) is 4.88 Å². The first-order valence-corrected chi connectivity index (χ1v) is 9.07. The Kier molecular flexibility index (Phi) is 4.45. The molecule has 0 amide bonds. The number of rotatable bonds is 4. The average molecular weight is 334 g/mol. The van der Waals surface area contributed by atoms with Crippen molar-refractivity contribution in [3.63, 3.8) is 0 Å². The molecule has 0 bridgehead atoms. The van der Waals surface area contributed by atoms with Crippen LogP contribution in [0.2, 0.25) is 0 Å². The van der Waals surface area contributed by atoms with Crippen molar-refractivity contribution in [2.45, 2.75) is 39.5 Å². The fraction of sp³-hybridized carbons (Fsp3) is 0.412. The summed E-state index contributed by atoms with van der Waals surface area (Å²) in [6.45, 7) is 3.70. The topological polar surface area (TPSA) is 43.4 Å². The number of aryl methyl sites for hydroxylation is 4. The molecule has 2 aromatic heterocycles. The van der Waals surface area contributed by atoms with Crippen LogP contribution in [0.3, 0.4) is 0 Å². The largest absolute Gasteiger partial charge is 0.453 e. The normalized spacial score (nSPS) is 13.7. The molecule has 0 spiro atoms. The highest BCUT2D eigenvalue weighted by atomic mass is 32.1. The monoisotopic (exact) mass is 334 g/mol. The molecule has 0 saturated heterocycles. The molecule has 5 heteroatoms. The predicted octanol–water partition coefficient (Wildman–Crippen LogP) is 4.34. The minimum absolute atomic E-state index is 0.128. The number of fused-ring (bicyclic) bond motifs is 1. The zero-order valence-electron chi connectivity index (χ0n) is 12.7. The number of ether oxygens (including phenoxy) is 1. The van der Waals surface area contributed by atoms with E-state index in [0.29, 0.717) is 10.4 Å². The lowest BCUT2D eigenvalue weighted by molar-refractivity contribution is 0.0479. The van der Waals surface area contributed by atoms with Crippen molar-refractivity contribution in [2.75, 3.05) is 6.61 Å². The zero-order valence-corrected chi connectivity index (χ0v) is 14.4. The number of hydrogen-bond donors (Lipinski definition) is 0. The van der Waals surface area contributed by atoms with Crippen LogP contribution in [0.15, 0.2) is 12.1 Å². The first kappa shape index (κ1) is 15.4.